The zero-order chi connectivity index (χ0) is 13.2. The van der Waals surface area contributed by atoms with Gasteiger partial charge in [-0.1, -0.05) is 32.6 Å². The quantitative estimate of drug-likeness (QED) is 0.699. The van der Waals surface area contributed by atoms with Gasteiger partial charge < -0.3 is 10.1 Å². The highest BCUT2D eigenvalue weighted by molar-refractivity contribution is 6.28. The van der Waals surface area contributed by atoms with Gasteiger partial charge in [0.1, 0.15) is 0 Å². The summed E-state index contributed by atoms with van der Waals surface area (Å²) in [7, 11) is 0. The van der Waals surface area contributed by atoms with Gasteiger partial charge in [-0.15, -0.1) is 0 Å². The van der Waals surface area contributed by atoms with E-state index in [0.717, 1.165) is 13.0 Å². The van der Waals surface area contributed by atoms with Gasteiger partial charge in [0.25, 0.3) is 0 Å². The van der Waals surface area contributed by atoms with Crippen LogP contribution in [0.3, 0.4) is 0 Å². The molecule has 0 spiro atoms. The fourth-order valence-corrected chi connectivity index (χ4v) is 1.66. The lowest BCUT2D eigenvalue weighted by Crippen LogP contribution is -2.07. The zero-order valence-electron chi connectivity index (χ0n) is 11.1. The normalized spacial score (nSPS) is 10.4. The van der Waals surface area contributed by atoms with E-state index in [-0.39, 0.29) is 5.28 Å². The summed E-state index contributed by atoms with van der Waals surface area (Å²) in [6.07, 6.45) is 5.96. The van der Waals surface area contributed by atoms with Crippen molar-refractivity contribution < 1.29 is 4.74 Å². The molecule has 0 aliphatic rings. The topological polar surface area (TPSA) is 59.9 Å². The molecular formula is C12H21ClN4O. The van der Waals surface area contributed by atoms with Crippen molar-refractivity contribution in [3.8, 4) is 6.01 Å². The van der Waals surface area contributed by atoms with E-state index in [1.165, 1.54) is 25.7 Å². The summed E-state index contributed by atoms with van der Waals surface area (Å²) in [5.41, 5.74) is 0. The van der Waals surface area contributed by atoms with Gasteiger partial charge in [0.15, 0.2) is 0 Å². The summed E-state index contributed by atoms with van der Waals surface area (Å²) < 4.78 is 5.47. The fraction of sp³-hybridized carbons (Fsp3) is 0.750. The molecule has 0 saturated carbocycles. The first-order chi connectivity index (χ1) is 8.76. The summed E-state index contributed by atoms with van der Waals surface area (Å²) in [6, 6.07) is 0.293. The smallest absolute Gasteiger partial charge is 0.322 e. The molecule has 0 aromatic carbocycles. The van der Waals surface area contributed by atoms with Crippen LogP contribution >= 0.6 is 11.6 Å². The molecule has 6 heteroatoms. The lowest BCUT2D eigenvalue weighted by Gasteiger charge is -2.06. The van der Waals surface area contributed by atoms with Crippen molar-refractivity contribution in [2.24, 2.45) is 0 Å². The first-order valence-electron chi connectivity index (χ1n) is 6.54. The number of halogens is 1. The molecule has 1 heterocycles. The number of hydrogen-bond acceptors (Lipinski definition) is 5. The molecular weight excluding hydrogens is 252 g/mol. The molecule has 0 aliphatic heterocycles. The van der Waals surface area contributed by atoms with E-state index in [0.29, 0.717) is 18.6 Å². The molecule has 0 unspecified atom stereocenters. The summed E-state index contributed by atoms with van der Waals surface area (Å²) in [6.45, 7) is 5.52. The lowest BCUT2D eigenvalue weighted by atomic mass is 10.2. The van der Waals surface area contributed by atoms with Gasteiger partial charge >= 0.3 is 6.01 Å². The maximum Gasteiger partial charge on any atom is 0.322 e. The Morgan fingerprint density at radius 1 is 1.06 bits per heavy atom. The molecule has 0 amide bonds. The minimum atomic E-state index is 0.155. The molecule has 0 radical (unpaired) electrons. The van der Waals surface area contributed by atoms with Crippen LogP contribution in [0.2, 0.25) is 5.28 Å². The minimum absolute atomic E-state index is 0.155. The Labute approximate surface area is 113 Å². The number of hydrogen-bond donors (Lipinski definition) is 1. The van der Waals surface area contributed by atoms with E-state index in [4.69, 9.17) is 16.3 Å². The average Bonchev–Trinajstić information content (AvgIpc) is 2.33. The maximum absolute atomic E-state index is 5.78. The Hall–Kier alpha value is -1.10. The van der Waals surface area contributed by atoms with Gasteiger partial charge in [-0.25, -0.2) is 0 Å². The van der Waals surface area contributed by atoms with Crippen molar-refractivity contribution in [2.45, 2.75) is 46.0 Å². The number of nitrogens with zero attached hydrogens (tertiary/aromatic N) is 3. The highest BCUT2D eigenvalue weighted by Gasteiger charge is 2.04. The minimum Gasteiger partial charge on any atom is -0.463 e. The molecule has 1 aromatic rings. The average molecular weight is 273 g/mol. The van der Waals surface area contributed by atoms with E-state index in [1.807, 2.05) is 6.92 Å². The van der Waals surface area contributed by atoms with Gasteiger partial charge in [0.2, 0.25) is 11.2 Å². The van der Waals surface area contributed by atoms with Crippen molar-refractivity contribution >= 4 is 17.5 Å². The van der Waals surface area contributed by atoms with Gasteiger partial charge in [-0.05, 0) is 24.9 Å². The van der Waals surface area contributed by atoms with Crippen LogP contribution < -0.4 is 10.1 Å². The summed E-state index contributed by atoms with van der Waals surface area (Å²) >= 11 is 5.78. The van der Waals surface area contributed by atoms with Crippen molar-refractivity contribution in [1.29, 1.82) is 0 Å². The van der Waals surface area contributed by atoms with Gasteiger partial charge in [-0.3, -0.25) is 0 Å². The van der Waals surface area contributed by atoms with E-state index >= 15 is 0 Å². The Morgan fingerprint density at radius 2 is 1.83 bits per heavy atom. The summed E-state index contributed by atoms with van der Waals surface area (Å²) in [4.78, 5) is 12.0. The van der Waals surface area contributed by atoms with Gasteiger partial charge in [0, 0.05) is 6.54 Å². The second-order valence-corrected chi connectivity index (χ2v) is 4.34. The van der Waals surface area contributed by atoms with Crippen LogP contribution in [0.5, 0.6) is 6.01 Å². The van der Waals surface area contributed by atoms with E-state index in [1.54, 1.807) is 0 Å². The molecule has 102 valence electrons. The van der Waals surface area contributed by atoms with Gasteiger partial charge in [0.05, 0.1) is 6.61 Å². The van der Waals surface area contributed by atoms with Crippen molar-refractivity contribution in [2.75, 3.05) is 18.5 Å². The Morgan fingerprint density at radius 3 is 2.56 bits per heavy atom. The second-order valence-electron chi connectivity index (χ2n) is 4.00. The van der Waals surface area contributed by atoms with Gasteiger partial charge in [-0.2, -0.15) is 15.0 Å². The number of unbranched alkanes of at least 4 members (excludes halogenated alkanes) is 4. The molecule has 5 nitrogen and oxygen atoms in total. The van der Waals surface area contributed by atoms with Crippen LogP contribution in [-0.4, -0.2) is 28.1 Å². The molecule has 18 heavy (non-hydrogen) atoms. The highest BCUT2D eigenvalue weighted by Crippen LogP contribution is 2.12. The number of ether oxygens (including phenoxy) is 1. The molecule has 1 rings (SSSR count). The SMILES string of the molecule is CCCCCCCOc1nc(Cl)nc(NCC)n1. The lowest BCUT2D eigenvalue weighted by molar-refractivity contribution is 0.281. The highest BCUT2D eigenvalue weighted by atomic mass is 35.5. The number of aromatic nitrogens is 3. The predicted molar refractivity (Wildman–Crippen MR) is 73.3 cm³/mol. The Bertz CT molecular complexity index is 349. The largest absolute Gasteiger partial charge is 0.463 e. The van der Waals surface area contributed by atoms with Crippen LogP contribution in [0.1, 0.15) is 46.0 Å². The number of anilines is 1. The monoisotopic (exact) mass is 272 g/mol. The Kier molecular flexibility index (Phi) is 7.41. The van der Waals surface area contributed by atoms with E-state index < -0.39 is 0 Å². The van der Waals surface area contributed by atoms with Crippen molar-refractivity contribution in [3.05, 3.63) is 5.28 Å². The van der Waals surface area contributed by atoms with Crippen LogP contribution in [0, 0.1) is 0 Å². The molecule has 0 aliphatic carbocycles. The third-order valence-corrected chi connectivity index (χ3v) is 2.57. The van der Waals surface area contributed by atoms with E-state index in [9.17, 15) is 0 Å². The molecule has 0 bridgehead atoms. The second kappa shape index (κ2) is 8.91. The first-order valence-corrected chi connectivity index (χ1v) is 6.92. The standard InChI is InChI=1S/C12H21ClN4O/c1-3-5-6-7-8-9-18-12-16-10(13)15-11(17-12)14-4-2/h3-9H2,1-2H3,(H,14,15,16,17). The molecule has 1 N–H and O–H groups in total. The van der Waals surface area contributed by atoms with Crippen molar-refractivity contribution in [3.63, 3.8) is 0 Å². The predicted octanol–water partition coefficient (Wildman–Crippen LogP) is 3.31. The number of rotatable bonds is 9. The summed E-state index contributed by atoms with van der Waals surface area (Å²) in [5.74, 6) is 0.457. The molecule has 0 fully saturated rings. The molecule has 0 saturated heterocycles. The molecule has 1 aromatic heterocycles. The fourth-order valence-electron chi connectivity index (χ4n) is 1.50. The zero-order valence-corrected chi connectivity index (χ0v) is 11.8. The van der Waals surface area contributed by atoms with Crippen LogP contribution in [0.4, 0.5) is 5.95 Å². The molecule has 0 atom stereocenters. The number of nitrogens with one attached hydrogen (secondary N) is 1. The third-order valence-electron chi connectivity index (χ3n) is 2.40. The van der Waals surface area contributed by atoms with Crippen molar-refractivity contribution in [1.82, 2.24) is 15.0 Å². The summed E-state index contributed by atoms with van der Waals surface area (Å²) in [5, 5.41) is 3.13. The maximum atomic E-state index is 5.78. The van der Waals surface area contributed by atoms with E-state index in [2.05, 4.69) is 27.2 Å². The third kappa shape index (κ3) is 6.00. The van der Waals surface area contributed by atoms with Crippen LogP contribution in [0.25, 0.3) is 0 Å². The van der Waals surface area contributed by atoms with Crippen LogP contribution in [0.15, 0.2) is 0 Å². The van der Waals surface area contributed by atoms with Crippen LogP contribution in [-0.2, 0) is 0 Å². The first kappa shape index (κ1) is 15.0. The Balaban J connectivity index is 2.32.